The lowest BCUT2D eigenvalue weighted by Crippen LogP contribution is -2.49. The molecular weight excluding hydrogens is 354 g/mol. The standard InChI is InChI=1S/C22H31N3O3/c1-16-4-3-9-25(15-16)22(27)20-14-19(20)21(26)24-12-10-23(11-13-24)17-5-7-18(28-2)8-6-17/h5-8,16,19-20H,3-4,9-15H2,1-2H3. The van der Waals surface area contributed by atoms with Crippen molar-refractivity contribution >= 4 is 17.5 Å². The fraction of sp³-hybridized carbons (Fsp3) is 0.636. The predicted molar refractivity (Wildman–Crippen MR) is 108 cm³/mol. The Morgan fingerprint density at radius 3 is 2.18 bits per heavy atom. The van der Waals surface area contributed by atoms with E-state index in [1.807, 2.05) is 21.9 Å². The minimum absolute atomic E-state index is 0.0718. The quantitative estimate of drug-likeness (QED) is 0.798. The lowest BCUT2D eigenvalue weighted by Gasteiger charge is -2.36. The highest BCUT2D eigenvalue weighted by Gasteiger charge is 2.51. The van der Waals surface area contributed by atoms with E-state index in [1.165, 1.54) is 6.42 Å². The normalized spacial score (nSPS) is 27.5. The topological polar surface area (TPSA) is 53.1 Å². The van der Waals surface area contributed by atoms with Gasteiger partial charge in [-0.15, -0.1) is 0 Å². The minimum Gasteiger partial charge on any atom is -0.497 e. The summed E-state index contributed by atoms with van der Waals surface area (Å²) in [5.74, 6) is 1.66. The molecule has 2 aliphatic heterocycles. The van der Waals surface area contributed by atoms with E-state index in [0.29, 0.717) is 5.92 Å². The van der Waals surface area contributed by atoms with Crippen molar-refractivity contribution in [3.05, 3.63) is 24.3 Å². The molecule has 0 bridgehead atoms. The molecule has 2 saturated heterocycles. The number of benzene rings is 1. The van der Waals surface area contributed by atoms with Crippen LogP contribution in [0.5, 0.6) is 5.75 Å². The monoisotopic (exact) mass is 385 g/mol. The first kappa shape index (κ1) is 19.1. The molecule has 3 aliphatic rings. The van der Waals surface area contributed by atoms with Crippen LogP contribution < -0.4 is 9.64 Å². The molecule has 0 radical (unpaired) electrons. The number of rotatable bonds is 4. The molecule has 4 rings (SSSR count). The summed E-state index contributed by atoms with van der Waals surface area (Å²) in [7, 11) is 1.67. The van der Waals surface area contributed by atoms with Crippen molar-refractivity contribution in [3.8, 4) is 5.75 Å². The Bertz CT molecular complexity index is 712. The largest absolute Gasteiger partial charge is 0.497 e. The van der Waals surface area contributed by atoms with Crippen LogP contribution in [0.15, 0.2) is 24.3 Å². The zero-order chi connectivity index (χ0) is 19.7. The Labute approximate surface area is 167 Å². The molecule has 1 aromatic carbocycles. The van der Waals surface area contributed by atoms with Gasteiger partial charge in [0.2, 0.25) is 11.8 Å². The van der Waals surface area contributed by atoms with Crippen molar-refractivity contribution in [2.45, 2.75) is 26.2 Å². The van der Waals surface area contributed by atoms with Crippen LogP contribution in [0.1, 0.15) is 26.2 Å². The number of hydrogen-bond donors (Lipinski definition) is 0. The van der Waals surface area contributed by atoms with Gasteiger partial charge < -0.3 is 19.4 Å². The third kappa shape index (κ3) is 3.96. The van der Waals surface area contributed by atoms with E-state index in [4.69, 9.17) is 4.74 Å². The van der Waals surface area contributed by atoms with Gasteiger partial charge in [-0.3, -0.25) is 9.59 Å². The number of nitrogens with zero attached hydrogens (tertiary/aromatic N) is 3. The molecule has 2 heterocycles. The molecule has 3 unspecified atom stereocenters. The van der Waals surface area contributed by atoms with Crippen molar-refractivity contribution in [2.24, 2.45) is 17.8 Å². The lowest BCUT2D eigenvalue weighted by molar-refractivity contribution is -0.139. The maximum Gasteiger partial charge on any atom is 0.226 e. The van der Waals surface area contributed by atoms with Gasteiger partial charge in [-0.1, -0.05) is 6.92 Å². The summed E-state index contributed by atoms with van der Waals surface area (Å²) < 4.78 is 5.21. The minimum atomic E-state index is -0.0859. The number of piperidine rings is 1. The van der Waals surface area contributed by atoms with Crippen LogP contribution in [0.2, 0.25) is 0 Å². The van der Waals surface area contributed by atoms with E-state index >= 15 is 0 Å². The number of likely N-dealkylation sites (tertiary alicyclic amines) is 1. The van der Waals surface area contributed by atoms with Crippen LogP contribution in [0.4, 0.5) is 5.69 Å². The summed E-state index contributed by atoms with van der Waals surface area (Å²) in [5.41, 5.74) is 1.16. The summed E-state index contributed by atoms with van der Waals surface area (Å²) in [5, 5.41) is 0. The average molecular weight is 386 g/mol. The summed E-state index contributed by atoms with van der Waals surface area (Å²) >= 11 is 0. The van der Waals surface area contributed by atoms with Crippen molar-refractivity contribution < 1.29 is 14.3 Å². The van der Waals surface area contributed by atoms with Crippen molar-refractivity contribution in [3.63, 3.8) is 0 Å². The molecule has 28 heavy (non-hydrogen) atoms. The molecule has 1 saturated carbocycles. The first-order valence-electron chi connectivity index (χ1n) is 10.5. The predicted octanol–water partition coefficient (Wildman–Crippen LogP) is 2.24. The number of methoxy groups -OCH3 is 1. The van der Waals surface area contributed by atoms with Crippen LogP contribution in [-0.2, 0) is 9.59 Å². The first-order chi connectivity index (χ1) is 13.6. The number of hydrogen-bond acceptors (Lipinski definition) is 4. The van der Waals surface area contributed by atoms with Gasteiger partial charge in [0.1, 0.15) is 5.75 Å². The molecule has 0 spiro atoms. The van der Waals surface area contributed by atoms with E-state index < -0.39 is 0 Å². The number of ether oxygens (including phenoxy) is 1. The molecule has 152 valence electrons. The zero-order valence-corrected chi connectivity index (χ0v) is 17.0. The van der Waals surface area contributed by atoms with Gasteiger partial charge in [0.05, 0.1) is 18.9 Å². The van der Waals surface area contributed by atoms with Crippen LogP contribution in [0, 0.1) is 17.8 Å². The van der Waals surface area contributed by atoms with Gasteiger partial charge in [0, 0.05) is 45.0 Å². The Morgan fingerprint density at radius 1 is 0.929 bits per heavy atom. The van der Waals surface area contributed by atoms with Crippen molar-refractivity contribution in [1.29, 1.82) is 0 Å². The van der Waals surface area contributed by atoms with Gasteiger partial charge >= 0.3 is 0 Å². The molecule has 3 fully saturated rings. The van der Waals surface area contributed by atoms with E-state index in [2.05, 4.69) is 24.0 Å². The second kappa shape index (κ2) is 8.02. The molecule has 6 heteroatoms. The maximum atomic E-state index is 12.9. The highest BCUT2D eigenvalue weighted by molar-refractivity contribution is 5.92. The van der Waals surface area contributed by atoms with Gasteiger partial charge in [0.25, 0.3) is 0 Å². The summed E-state index contributed by atoms with van der Waals surface area (Å²) in [4.78, 5) is 31.8. The number of carbonyl (C=O) groups excluding carboxylic acids is 2. The van der Waals surface area contributed by atoms with E-state index in [0.717, 1.165) is 63.5 Å². The molecule has 6 nitrogen and oxygen atoms in total. The summed E-state index contributed by atoms with van der Waals surface area (Å²) in [6.45, 7) is 7.03. The van der Waals surface area contributed by atoms with E-state index in [1.54, 1.807) is 7.11 Å². The van der Waals surface area contributed by atoms with Crippen LogP contribution in [0.3, 0.4) is 0 Å². The Kier molecular flexibility index (Phi) is 5.47. The first-order valence-corrected chi connectivity index (χ1v) is 10.5. The SMILES string of the molecule is COc1ccc(N2CCN(C(=O)C3CC3C(=O)N3CCCC(C)C3)CC2)cc1. The molecule has 2 amide bonds. The fourth-order valence-electron chi connectivity index (χ4n) is 4.58. The Hall–Kier alpha value is -2.24. The number of anilines is 1. The molecule has 0 N–H and O–H groups in total. The van der Waals surface area contributed by atoms with Crippen LogP contribution in [-0.4, -0.2) is 68.0 Å². The number of amides is 2. The molecular formula is C22H31N3O3. The van der Waals surface area contributed by atoms with Gasteiger partial charge in [-0.05, 0) is 49.4 Å². The Balaban J connectivity index is 1.27. The third-order valence-corrected chi connectivity index (χ3v) is 6.42. The lowest BCUT2D eigenvalue weighted by atomic mass is 10.00. The van der Waals surface area contributed by atoms with Gasteiger partial charge in [0.15, 0.2) is 0 Å². The summed E-state index contributed by atoms with van der Waals surface area (Å²) in [6.07, 6.45) is 3.03. The fourth-order valence-corrected chi connectivity index (χ4v) is 4.58. The van der Waals surface area contributed by atoms with E-state index in [9.17, 15) is 9.59 Å². The molecule has 3 atom stereocenters. The average Bonchev–Trinajstić information content (AvgIpc) is 3.54. The number of carbonyl (C=O) groups is 2. The second-order valence-corrected chi connectivity index (χ2v) is 8.49. The highest BCUT2D eigenvalue weighted by atomic mass is 16.5. The zero-order valence-electron chi connectivity index (χ0n) is 17.0. The molecule has 1 aliphatic carbocycles. The van der Waals surface area contributed by atoms with Gasteiger partial charge in [-0.25, -0.2) is 0 Å². The van der Waals surface area contributed by atoms with E-state index in [-0.39, 0.29) is 23.7 Å². The Morgan fingerprint density at radius 2 is 1.57 bits per heavy atom. The second-order valence-electron chi connectivity index (χ2n) is 8.49. The van der Waals surface area contributed by atoms with Crippen molar-refractivity contribution in [2.75, 3.05) is 51.3 Å². The van der Waals surface area contributed by atoms with Crippen LogP contribution in [0.25, 0.3) is 0 Å². The van der Waals surface area contributed by atoms with Gasteiger partial charge in [-0.2, -0.15) is 0 Å². The number of piperazine rings is 1. The van der Waals surface area contributed by atoms with Crippen LogP contribution >= 0.6 is 0 Å². The summed E-state index contributed by atoms with van der Waals surface area (Å²) in [6, 6.07) is 8.06. The third-order valence-electron chi connectivity index (χ3n) is 6.42. The molecule has 0 aromatic heterocycles. The maximum absolute atomic E-state index is 12.9. The van der Waals surface area contributed by atoms with Crippen molar-refractivity contribution in [1.82, 2.24) is 9.80 Å². The smallest absolute Gasteiger partial charge is 0.226 e. The highest BCUT2D eigenvalue weighted by Crippen LogP contribution is 2.42. The molecule has 1 aromatic rings.